The number of benzene rings is 1. The van der Waals surface area contributed by atoms with E-state index in [9.17, 15) is 9.59 Å². The summed E-state index contributed by atoms with van der Waals surface area (Å²) in [5, 5.41) is 11.3. The van der Waals surface area contributed by atoms with Gasteiger partial charge in [0, 0.05) is 18.4 Å². The molecule has 0 aromatic heterocycles. The Bertz CT molecular complexity index is 424. The van der Waals surface area contributed by atoms with Crippen molar-refractivity contribution in [3.63, 3.8) is 0 Å². The summed E-state index contributed by atoms with van der Waals surface area (Å²) in [6.45, 7) is -0.0279. The number of methoxy groups -OCH3 is 1. The fourth-order valence-corrected chi connectivity index (χ4v) is 2.42. The molecule has 0 aliphatic rings. The number of rotatable bonds is 9. The minimum absolute atomic E-state index is 0.0279. The minimum atomic E-state index is -1.08. The fraction of sp³-hybridized carbons (Fsp3) is 0.429. The molecule has 0 spiro atoms. The van der Waals surface area contributed by atoms with Gasteiger partial charge in [0.25, 0.3) is 0 Å². The predicted octanol–water partition coefficient (Wildman–Crippen LogP) is 1.77. The molecule has 0 aliphatic heterocycles. The molecule has 1 rings (SSSR count). The van der Waals surface area contributed by atoms with Crippen molar-refractivity contribution in [3.8, 4) is 0 Å². The van der Waals surface area contributed by atoms with Crippen molar-refractivity contribution in [1.82, 2.24) is 5.32 Å². The molecule has 0 fully saturated rings. The van der Waals surface area contributed by atoms with Gasteiger partial charge in [0.05, 0.1) is 6.61 Å². The molecule has 1 aromatic rings. The molecule has 2 N–H and O–H groups in total. The van der Waals surface area contributed by atoms with Crippen LogP contribution in [0.1, 0.15) is 12.8 Å². The van der Waals surface area contributed by atoms with Gasteiger partial charge in [-0.2, -0.15) is 0 Å². The van der Waals surface area contributed by atoms with Crippen LogP contribution in [0, 0.1) is 0 Å². The highest BCUT2D eigenvalue weighted by molar-refractivity contribution is 7.99. The lowest BCUT2D eigenvalue weighted by Crippen LogP contribution is -2.43. The SMILES string of the molecule is COCC(NC(=O)CCCSc1ccccc1)C(=O)O. The summed E-state index contributed by atoms with van der Waals surface area (Å²) in [6.07, 6.45) is 1.01. The zero-order valence-corrected chi connectivity index (χ0v) is 12.2. The highest BCUT2D eigenvalue weighted by atomic mass is 32.2. The highest BCUT2D eigenvalue weighted by Gasteiger charge is 2.19. The number of carbonyl (C=O) groups excluding carboxylic acids is 1. The van der Waals surface area contributed by atoms with E-state index >= 15 is 0 Å². The van der Waals surface area contributed by atoms with Gasteiger partial charge in [-0.1, -0.05) is 18.2 Å². The number of carboxylic acid groups (broad SMARTS) is 1. The number of hydrogen-bond acceptors (Lipinski definition) is 4. The first-order valence-corrected chi connectivity index (χ1v) is 7.31. The van der Waals surface area contributed by atoms with E-state index in [0.717, 1.165) is 10.6 Å². The fourth-order valence-electron chi connectivity index (χ4n) is 1.55. The van der Waals surface area contributed by atoms with Gasteiger partial charge in [0.1, 0.15) is 0 Å². The van der Waals surface area contributed by atoms with Crippen molar-refractivity contribution in [2.24, 2.45) is 0 Å². The van der Waals surface area contributed by atoms with E-state index in [0.29, 0.717) is 12.8 Å². The topological polar surface area (TPSA) is 75.6 Å². The molecule has 1 atom stereocenters. The number of thioether (sulfide) groups is 1. The van der Waals surface area contributed by atoms with Crippen LogP contribution in [0.5, 0.6) is 0 Å². The van der Waals surface area contributed by atoms with E-state index in [1.165, 1.54) is 7.11 Å². The van der Waals surface area contributed by atoms with E-state index in [1.807, 2.05) is 30.3 Å². The zero-order valence-electron chi connectivity index (χ0n) is 11.4. The Labute approximate surface area is 122 Å². The Morgan fingerprint density at radius 3 is 2.65 bits per heavy atom. The normalized spacial score (nSPS) is 11.8. The Morgan fingerprint density at radius 2 is 2.05 bits per heavy atom. The van der Waals surface area contributed by atoms with Crippen LogP contribution in [0.2, 0.25) is 0 Å². The van der Waals surface area contributed by atoms with Gasteiger partial charge < -0.3 is 15.2 Å². The third-order valence-corrected chi connectivity index (χ3v) is 3.63. The Kier molecular flexibility index (Phi) is 7.75. The first-order chi connectivity index (χ1) is 9.63. The van der Waals surface area contributed by atoms with Crippen LogP contribution in [0.3, 0.4) is 0 Å². The second-order valence-corrected chi connectivity index (χ2v) is 5.35. The molecule has 1 unspecified atom stereocenters. The van der Waals surface area contributed by atoms with Gasteiger partial charge in [-0.15, -0.1) is 11.8 Å². The molecule has 0 saturated heterocycles. The number of carboxylic acids is 1. The van der Waals surface area contributed by atoms with E-state index in [2.05, 4.69) is 5.32 Å². The Hall–Kier alpha value is -1.53. The van der Waals surface area contributed by atoms with Crippen molar-refractivity contribution in [2.45, 2.75) is 23.8 Å². The summed E-state index contributed by atoms with van der Waals surface area (Å²) in [7, 11) is 1.40. The Morgan fingerprint density at radius 1 is 1.35 bits per heavy atom. The lowest BCUT2D eigenvalue weighted by atomic mass is 10.2. The van der Waals surface area contributed by atoms with Gasteiger partial charge in [0.15, 0.2) is 6.04 Å². The van der Waals surface area contributed by atoms with Gasteiger partial charge in [-0.3, -0.25) is 4.79 Å². The third-order valence-electron chi connectivity index (χ3n) is 2.53. The van der Waals surface area contributed by atoms with Gasteiger partial charge >= 0.3 is 5.97 Å². The molecule has 1 amide bonds. The van der Waals surface area contributed by atoms with Crippen molar-refractivity contribution in [2.75, 3.05) is 19.5 Å². The van der Waals surface area contributed by atoms with E-state index in [-0.39, 0.29) is 12.5 Å². The predicted molar refractivity (Wildman–Crippen MR) is 77.8 cm³/mol. The largest absolute Gasteiger partial charge is 0.480 e. The number of carbonyl (C=O) groups is 2. The smallest absolute Gasteiger partial charge is 0.328 e. The number of hydrogen-bond donors (Lipinski definition) is 2. The van der Waals surface area contributed by atoms with Crippen LogP contribution < -0.4 is 5.32 Å². The summed E-state index contributed by atoms with van der Waals surface area (Å²) in [5.74, 6) is -0.526. The van der Waals surface area contributed by atoms with Crippen LogP contribution in [-0.2, 0) is 14.3 Å². The number of nitrogens with one attached hydrogen (secondary N) is 1. The number of aliphatic carboxylic acids is 1. The molecule has 0 bridgehead atoms. The molecule has 0 saturated carbocycles. The van der Waals surface area contributed by atoms with Crippen LogP contribution in [0.15, 0.2) is 35.2 Å². The molecule has 5 nitrogen and oxygen atoms in total. The van der Waals surface area contributed by atoms with E-state index in [1.54, 1.807) is 11.8 Å². The Balaban J connectivity index is 2.21. The van der Waals surface area contributed by atoms with Crippen LogP contribution in [-0.4, -0.2) is 42.5 Å². The second kappa shape index (κ2) is 9.39. The zero-order chi connectivity index (χ0) is 14.8. The molecule has 0 heterocycles. The lowest BCUT2D eigenvalue weighted by Gasteiger charge is -2.13. The maximum atomic E-state index is 11.6. The third kappa shape index (κ3) is 6.58. The summed E-state index contributed by atoms with van der Waals surface area (Å²) < 4.78 is 4.75. The average Bonchev–Trinajstić information content (AvgIpc) is 2.44. The van der Waals surface area contributed by atoms with E-state index < -0.39 is 12.0 Å². The molecule has 110 valence electrons. The maximum absolute atomic E-state index is 11.6. The maximum Gasteiger partial charge on any atom is 0.328 e. The highest BCUT2D eigenvalue weighted by Crippen LogP contribution is 2.18. The number of ether oxygens (including phenoxy) is 1. The lowest BCUT2D eigenvalue weighted by molar-refractivity contribution is -0.143. The summed E-state index contributed by atoms with van der Waals surface area (Å²) in [4.78, 5) is 23.6. The average molecular weight is 297 g/mol. The molecule has 1 aromatic carbocycles. The first-order valence-electron chi connectivity index (χ1n) is 6.32. The second-order valence-electron chi connectivity index (χ2n) is 4.18. The quantitative estimate of drug-likeness (QED) is 0.537. The molecular formula is C14H19NO4S. The van der Waals surface area contributed by atoms with Crippen molar-refractivity contribution < 1.29 is 19.4 Å². The standard InChI is InChI=1S/C14H19NO4S/c1-19-10-12(14(17)18)15-13(16)8-5-9-20-11-6-3-2-4-7-11/h2-4,6-7,12H,5,8-10H2,1H3,(H,15,16)(H,17,18). The number of amides is 1. The van der Waals surface area contributed by atoms with Gasteiger partial charge in [-0.05, 0) is 24.3 Å². The summed E-state index contributed by atoms with van der Waals surface area (Å²) >= 11 is 1.68. The molecule has 6 heteroatoms. The van der Waals surface area contributed by atoms with Gasteiger partial charge in [-0.25, -0.2) is 4.79 Å². The van der Waals surface area contributed by atoms with Crippen molar-refractivity contribution in [1.29, 1.82) is 0 Å². The first kappa shape index (κ1) is 16.5. The van der Waals surface area contributed by atoms with Crippen LogP contribution in [0.4, 0.5) is 0 Å². The van der Waals surface area contributed by atoms with Crippen molar-refractivity contribution >= 4 is 23.6 Å². The monoisotopic (exact) mass is 297 g/mol. The summed E-state index contributed by atoms with van der Waals surface area (Å²) in [6, 6.07) is 8.95. The molecule has 20 heavy (non-hydrogen) atoms. The van der Waals surface area contributed by atoms with Gasteiger partial charge in [0.2, 0.25) is 5.91 Å². The van der Waals surface area contributed by atoms with Crippen LogP contribution >= 0.6 is 11.8 Å². The van der Waals surface area contributed by atoms with E-state index in [4.69, 9.17) is 9.84 Å². The van der Waals surface area contributed by atoms with Crippen molar-refractivity contribution in [3.05, 3.63) is 30.3 Å². The molecular weight excluding hydrogens is 278 g/mol. The van der Waals surface area contributed by atoms with Crippen LogP contribution in [0.25, 0.3) is 0 Å². The minimum Gasteiger partial charge on any atom is -0.480 e. The molecule has 0 radical (unpaired) electrons. The molecule has 0 aliphatic carbocycles. The summed E-state index contributed by atoms with van der Waals surface area (Å²) in [5.41, 5.74) is 0.